The minimum absolute atomic E-state index is 0.192. The number of hydrogen-bond donors (Lipinski definition) is 0. The van der Waals surface area contributed by atoms with Crippen molar-refractivity contribution in [2.75, 3.05) is 6.54 Å². The molecule has 112 valence electrons. The highest BCUT2D eigenvalue weighted by atomic mass is 16.8. The summed E-state index contributed by atoms with van der Waals surface area (Å²) < 4.78 is 16.7. The Morgan fingerprint density at radius 3 is 2.67 bits per heavy atom. The molecule has 10 heteroatoms. The third-order valence-electron chi connectivity index (χ3n) is 3.36. The average molecular weight is 294 g/mol. The van der Waals surface area contributed by atoms with Crippen molar-refractivity contribution in [3.8, 4) is 0 Å². The largest absolute Gasteiger partial charge is 0.451 e. The molecule has 2 aliphatic heterocycles. The molecule has 2 rings (SSSR count). The van der Waals surface area contributed by atoms with Gasteiger partial charge in [0.25, 0.3) is 0 Å². The average Bonchev–Trinajstić information content (AvgIpc) is 2.76. The minimum atomic E-state index is -1.36. The highest BCUT2D eigenvalue weighted by molar-refractivity contribution is 5.79. The van der Waals surface area contributed by atoms with Gasteiger partial charge >= 0.3 is 5.97 Å². The SMILES string of the molecule is C=CC1(CN=[N+]=[N-])OC(=O)C(N=[N+]=[N-])C2OC(C)(C)O[C@H]21. The Morgan fingerprint density at radius 1 is 1.38 bits per heavy atom. The molecule has 2 fully saturated rings. The number of cyclic esters (lactones) is 1. The van der Waals surface area contributed by atoms with Crippen LogP contribution in [0.2, 0.25) is 0 Å². The molecular weight excluding hydrogens is 280 g/mol. The topological polar surface area (TPSA) is 142 Å². The van der Waals surface area contributed by atoms with E-state index in [2.05, 4.69) is 26.6 Å². The Kier molecular flexibility index (Phi) is 3.80. The van der Waals surface area contributed by atoms with Gasteiger partial charge in [-0.2, -0.15) is 0 Å². The molecule has 0 bridgehead atoms. The predicted molar refractivity (Wildman–Crippen MR) is 69.8 cm³/mol. The van der Waals surface area contributed by atoms with Crippen molar-refractivity contribution in [1.29, 1.82) is 0 Å². The fourth-order valence-electron chi connectivity index (χ4n) is 2.49. The van der Waals surface area contributed by atoms with Gasteiger partial charge in [-0.25, -0.2) is 0 Å². The quantitative estimate of drug-likeness (QED) is 0.257. The van der Waals surface area contributed by atoms with E-state index >= 15 is 0 Å². The van der Waals surface area contributed by atoms with E-state index in [1.807, 2.05) is 0 Å². The van der Waals surface area contributed by atoms with Gasteiger partial charge in [0.15, 0.2) is 17.4 Å². The predicted octanol–water partition coefficient (Wildman–Crippen LogP) is 1.98. The van der Waals surface area contributed by atoms with Crippen molar-refractivity contribution < 1.29 is 19.0 Å². The van der Waals surface area contributed by atoms with Gasteiger partial charge < -0.3 is 14.2 Å². The van der Waals surface area contributed by atoms with Crippen molar-refractivity contribution in [2.24, 2.45) is 10.2 Å². The molecule has 0 aromatic carbocycles. The van der Waals surface area contributed by atoms with Crippen LogP contribution < -0.4 is 0 Å². The number of rotatable bonds is 4. The summed E-state index contributed by atoms with van der Waals surface area (Å²) >= 11 is 0. The molecule has 2 saturated heterocycles. The number of carbonyl (C=O) groups is 1. The van der Waals surface area contributed by atoms with E-state index in [1.165, 1.54) is 6.08 Å². The molecule has 0 N–H and O–H groups in total. The zero-order valence-electron chi connectivity index (χ0n) is 11.5. The van der Waals surface area contributed by atoms with E-state index in [9.17, 15) is 4.79 Å². The van der Waals surface area contributed by atoms with E-state index in [4.69, 9.17) is 25.3 Å². The van der Waals surface area contributed by atoms with E-state index in [0.717, 1.165) is 0 Å². The van der Waals surface area contributed by atoms with Crippen LogP contribution in [-0.2, 0) is 19.0 Å². The van der Waals surface area contributed by atoms with Gasteiger partial charge in [0.2, 0.25) is 0 Å². The summed E-state index contributed by atoms with van der Waals surface area (Å²) in [6.45, 7) is 6.75. The van der Waals surface area contributed by atoms with Crippen LogP contribution in [0.5, 0.6) is 0 Å². The molecular formula is C11H14N6O4. The second-order valence-corrected chi connectivity index (χ2v) is 5.14. The summed E-state index contributed by atoms with van der Waals surface area (Å²) in [7, 11) is 0. The Morgan fingerprint density at radius 2 is 2.10 bits per heavy atom. The molecule has 4 atom stereocenters. The molecule has 21 heavy (non-hydrogen) atoms. The first-order valence-corrected chi connectivity index (χ1v) is 6.16. The van der Waals surface area contributed by atoms with Gasteiger partial charge in [0, 0.05) is 9.82 Å². The molecule has 0 saturated carbocycles. The molecule has 10 nitrogen and oxygen atoms in total. The second kappa shape index (κ2) is 5.27. The highest BCUT2D eigenvalue weighted by Crippen LogP contribution is 2.42. The number of azide groups is 2. The lowest BCUT2D eigenvalue weighted by Gasteiger charge is -2.41. The van der Waals surface area contributed by atoms with Crippen molar-refractivity contribution in [1.82, 2.24) is 0 Å². The van der Waals surface area contributed by atoms with Crippen molar-refractivity contribution >= 4 is 5.97 Å². The third-order valence-corrected chi connectivity index (χ3v) is 3.36. The van der Waals surface area contributed by atoms with Crippen LogP contribution in [0.15, 0.2) is 22.9 Å². The lowest BCUT2D eigenvalue weighted by molar-refractivity contribution is -0.185. The van der Waals surface area contributed by atoms with Crippen molar-refractivity contribution in [3.05, 3.63) is 33.5 Å². The van der Waals surface area contributed by atoms with Crippen LogP contribution in [0.25, 0.3) is 20.9 Å². The van der Waals surface area contributed by atoms with Crippen LogP contribution in [-0.4, -0.2) is 42.2 Å². The smallest absolute Gasteiger partial charge is 0.318 e. The molecule has 3 unspecified atom stereocenters. The maximum atomic E-state index is 12.1. The molecule has 0 aliphatic carbocycles. The number of ether oxygens (including phenoxy) is 3. The Labute approximate surface area is 119 Å². The van der Waals surface area contributed by atoms with E-state index < -0.39 is 35.6 Å². The van der Waals surface area contributed by atoms with Gasteiger partial charge in [-0.15, -0.1) is 0 Å². The van der Waals surface area contributed by atoms with Crippen molar-refractivity contribution in [3.63, 3.8) is 0 Å². The number of carbonyl (C=O) groups excluding carboxylic acids is 1. The summed E-state index contributed by atoms with van der Waals surface area (Å²) in [6.07, 6.45) is -0.290. The summed E-state index contributed by atoms with van der Waals surface area (Å²) in [5.41, 5.74) is 15.7. The van der Waals surface area contributed by atoms with Gasteiger partial charge in [0.1, 0.15) is 12.2 Å². The lowest BCUT2D eigenvalue weighted by atomic mass is 9.86. The van der Waals surface area contributed by atoms with Gasteiger partial charge in [-0.3, -0.25) is 4.79 Å². The van der Waals surface area contributed by atoms with Crippen LogP contribution >= 0.6 is 0 Å². The maximum absolute atomic E-state index is 12.1. The van der Waals surface area contributed by atoms with Crippen LogP contribution in [0.3, 0.4) is 0 Å². The first kappa shape index (κ1) is 15.1. The van der Waals surface area contributed by atoms with Crippen LogP contribution in [0, 0.1) is 0 Å². The fraction of sp³-hybridized carbons (Fsp3) is 0.727. The molecule has 0 amide bonds. The Bertz CT molecular complexity index is 565. The number of esters is 1. The highest BCUT2D eigenvalue weighted by Gasteiger charge is 2.61. The first-order chi connectivity index (χ1) is 9.89. The standard InChI is InChI=1S/C11H14N6O4/c1-4-11(5-14-16-12)8-7(19-10(2,3)20-8)6(15-17-13)9(18)21-11/h4,6-8H,1,5H2,2-3H3/t6?,7?,8-,11?/m1/s1. The van der Waals surface area contributed by atoms with E-state index in [1.54, 1.807) is 13.8 Å². The third kappa shape index (κ3) is 2.53. The summed E-state index contributed by atoms with van der Waals surface area (Å²) in [6, 6.07) is -1.17. The van der Waals surface area contributed by atoms with Gasteiger partial charge in [-0.1, -0.05) is 16.8 Å². The number of hydrogen-bond acceptors (Lipinski definition) is 6. The van der Waals surface area contributed by atoms with E-state index in [0.29, 0.717) is 0 Å². The van der Waals surface area contributed by atoms with Gasteiger partial charge in [0.05, 0.1) is 6.54 Å². The van der Waals surface area contributed by atoms with Crippen molar-refractivity contribution in [2.45, 2.75) is 43.5 Å². The monoisotopic (exact) mass is 294 g/mol. The molecule has 0 spiro atoms. The van der Waals surface area contributed by atoms with Crippen LogP contribution in [0.1, 0.15) is 13.8 Å². The second-order valence-electron chi connectivity index (χ2n) is 5.14. The summed E-state index contributed by atoms with van der Waals surface area (Å²) in [5, 5.41) is 6.86. The molecule has 0 aromatic rings. The molecule has 0 radical (unpaired) electrons. The Balaban J connectivity index is 2.47. The molecule has 2 heterocycles. The normalized spacial score (nSPS) is 36.7. The van der Waals surface area contributed by atoms with Gasteiger partial charge in [-0.05, 0) is 31.0 Å². The number of fused-ring (bicyclic) bond motifs is 1. The lowest BCUT2D eigenvalue weighted by Crippen LogP contribution is -2.61. The summed E-state index contributed by atoms with van der Waals surface area (Å²) in [4.78, 5) is 17.4. The first-order valence-electron chi connectivity index (χ1n) is 6.16. The summed E-state index contributed by atoms with van der Waals surface area (Å²) in [5.74, 6) is -1.78. The zero-order valence-corrected chi connectivity index (χ0v) is 11.5. The fourth-order valence-corrected chi connectivity index (χ4v) is 2.49. The zero-order chi connectivity index (χ0) is 15.7. The number of nitrogens with zero attached hydrogens (tertiary/aromatic N) is 6. The Hall–Kier alpha value is -2.25. The maximum Gasteiger partial charge on any atom is 0.318 e. The molecule has 0 aromatic heterocycles. The molecule has 2 aliphatic rings. The van der Waals surface area contributed by atoms with E-state index in [-0.39, 0.29) is 6.54 Å². The minimum Gasteiger partial charge on any atom is -0.451 e. The van der Waals surface area contributed by atoms with Crippen LogP contribution in [0.4, 0.5) is 0 Å².